The van der Waals surface area contributed by atoms with Gasteiger partial charge >= 0.3 is 0 Å². The number of nitro groups is 1. The number of nitrogens with zero attached hydrogens (tertiary/aromatic N) is 2. The summed E-state index contributed by atoms with van der Waals surface area (Å²) in [4.78, 5) is 35.9. The van der Waals surface area contributed by atoms with Crippen molar-refractivity contribution in [3.05, 3.63) is 39.9 Å². The van der Waals surface area contributed by atoms with Crippen molar-refractivity contribution in [3.8, 4) is 5.75 Å². The van der Waals surface area contributed by atoms with Gasteiger partial charge in [-0.05, 0) is 30.5 Å². The summed E-state index contributed by atoms with van der Waals surface area (Å²) < 4.78 is 10.9. The lowest BCUT2D eigenvalue weighted by atomic mass is 10.1. The summed E-state index contributed by atoms with van der Waals surface area (Å²) in [6.07, 6.45) is 0.623. The number of hydrogen-bond donors (Lipinski definition) is 0. The van der Waals surface area contributed by atoms with Crippen molar-refractivity contribution in [2.75, 3.05) is 13.7 Å². The van der Waals surface area contributed by atoms with Crippen molar-refractivity contribution >= 4 is 12.2 Å². The molecule has 0 saturated heterocycles. The molecule has 27 heavy (non-hydrogen) atoms. The van der Waals surface area contributed by atoms with Crippen LogP contribution < -0.4 is 4.74 Å². The van der Waals surface area contributed by atoms with Crippen LogP contribution in [0.1, 0.15) is 39.2 Å². The molecular weight excluding hydrogens is 352 g/mol. The largest absolute Gasteiger partial charge is 0.497 e. The molecule has 0 N–H and O–H groups in total. The topological polar surface area (TPSA) is 99.0 Å². The number of ether oxygens (including phenoxy) is 2. The molecule has 0 aliphatic heterocycles. The number of rotatable bonds is 12. The van der Waals surface area contributed by atoms with E-state index in [1.54, 1.807) is 31.4 Å². The van der Waals surface area contributed by atoms with Gasteiger partial charge in [-0.15, -0.1) is 0 Å². The number of carbonyl (C=O) groups is 2. The second kappa shape index (κ2) is 11.3. The van der Waals surface area contributed by atoms with Crippen molar-refractivity contribution in [1.82, 2.24) is 4.90 Å². The second-order valence-corrected chi connectivity index (χ2v) is 6.25. The molecule has 8 heteroatoms. The third-order valence-electron chi connectivity index (χ3n) is 4.43. The van der Waals surface area contributed by atoms with Crippen LogP contribution in [0.4, 0.5) is 0 Å². The van der Waals surface area contributed by atoms with Crippen molar-refractivity contribution in [2.24, 2.45) is 0 Å². The standard InChI is InChI=1S/C19H28N2O6/c1-5-16(6-2)27-19(13-22)18(12-21(24)25)20(14(3)23)11-15-7-9-17(26-4)10-8-15/h7-10,13,16,18-19H,5-6,11-12H2,1-4H3/t18-,19+/m0/s1. The van der Waals surface area contributed by atoms with Gasteiger partial charge in [0.25, 0.3) is 0 Å². The molecule has 0 bridgehead atoms. The lowest BCUT2D eigenvalue weighted by Gasteiger charge is -2.33. The van der Waals surface area contributed by atoms with Gasteiger partial charge in [-0.25, -0.2) is 0 Å². The first-order valence-electron chi connectivity index (χ1n) is 8.98. The number of amides is 1. The Hall–Kier alpha value is -2.48. The molecule has 0 aliphatic rings. The molecule has 1 aromatic carbocycles. The third-order valence-corrected chi connectivity index (χ3v) is 4.43. The molecule has 0 spiro atoms. The summed E-state index contributed by atoms with van der Waals surface area (Å²) in [6.45, 7) is 4.72. The first-order chi connectivity index (χ1) is 12.9. The number of methoxy groups -OCH3 is 1. The molecule has 1 aromatic rings. The highest BCUT2D eigenvalue weighted by atomic mass is 16.6. The molecule has 0 aromatic heterocycles. The van der Waals surface area contributed by atoms with Crippen LogP contribution in [0.2, 0.25) is 0 Å². The van der Waals surface area contributed by atoms with E-state index < -0.39 is 23.6 Å². The van der Waals surface area contributed by atoms with E-state index in [9.17, 15) is 19.7 Å². The number of carbonyl (C=O) groups excluding carboxylic acids is 2. The maximum absolute atomic E-state index is 12.2. The van der Waals surface area contributed by atoms with Crippen LogP contribution >= 0.6 is 0 Å². The minimum atomic E-state index is -1.07. The van der Waals surface area contributed by atoms with E-state index in [0.29, 0.717) is 24.9 Å². The Morgan fingerprint density at radius 3 is 2.26 bits per heavy atom. The molecule has 0 fully saturated rings. The summed E-state index contributed by atoms with van der Waals surface area (Å²) in [5.74, 6) is 0.301. The van der Waals surface area contributed by atoms with Crippen LogP contribution in [0.5, 0.6) is 5.75 Å². The molecule has 0 saturated carbocycles. The minimum absolute atomic E-state index is 0.133. The second-order valence-electron chi connectivity index (χ2n) is 6.25. The first-order valence-corrected chi connectivity index (χ1v) is 8.98. The van der Waals surface area contributed by atoms with Gasteiger partial charge in [-0.2, -0.15) is 0 Å². The maximum Gasteiger partial charge on any atom is 0.227 e. The molecule has 0 heterocycles. The van der Waals surface area contributed by atoms with Gasteiger partial charge in [0, 0.05) is 18.4 Å². The quantitative estimate of drug-likeness (QED) is 0.314. The smallest absolute Gasteiger partial charge is 0.227 e. The zero-order valence-corrected chi connectivity index (χ0v) is 16.3. The van der Waals surface area contributed by atoms with Crippen molar-refractivity contribution in [2.45, 2.75) is 58.4 Å². The van der Waals surface area contributed by atoms with E-state index in [1.807, 2.05) is 13.8 Å². The Morgan fingerprint density at radius 2 is 1.85 bits per heavy atom. The molecule has 0 radical (unpaired) electrons. The lowest BCUT2D eigenvalue weighted by molar-refractivity contribution is -0.488. The Balaban J connectivity index is 3.13. The molecule has 1 amide bonds. The van der Waals surface area contributed by atoms with Crippen LogP contribution in [0, 0.1) is 10.1 Å². The van der Waals surface area contributed by atoms with E-state index in [0.717, 1.165) is 5.56 Å². The van der Waals surface area contributed by atoms with Gasteiger partial charge in [0.1, 0.15) is 17.9 Å². The van der Waals surface area contributed by atoms with Crippen LogP contribution in [0.25, 0.3) is 0 Å². The van der Waals surface area contributed by atoms with Crippen LogP contribution in [-0.4, -0.2) is 53.9 Å². The van der Waals surface area contributed by atoms with E-state index in [-0.39, 0.29) is 18.6 Å². The Kier molecular flexibility index (Phi) is 9.42. The molecule has 1 rings (SSSR count). The third kappa shape index (κ3) is 6.97. The molecular formula is C19H28N2O6. The molecule has 0 aliphatic carbocycles. The maximum atomic E-state index is 12.2. The van der Waals surface area contributed by atoms with Gasteiger partial charge in [0.15, 0.2) is 6.29 Å². The highest BCUT2D eigenvalue weighted by Crippen LogP contribution is 2.18. The fourth-order valence-corrected chi connectivity index (χ4v) is 2.84. The predicted octanol–water partition coefficient (Wildman–Crippen LogP) is 2.46. The van der Waals surface area contributed by atoms with Crippen LogP contribution in [0.3, 0.4) is 0 Å². The summed E-state index contributed by atoms with van der Waals surface area (Å²) in [5.41, 5.74) is 0.770. The normalized spacial score (nSPS) is 13.1. The summed E-state index contributed by atoms with van der Waals surface area (Å²) in [5, 5.41) is 11.2. The monoisotopic (exact) mass is 380 g/mol. The summed E-state index contributed by atoms with van der Waals surface area (Å²) in [7, 11) is 1.55. The summed E-state index contributed by atoms with van der Waals surface area (Å²) in [6, 6.07) is 6.05. The average molecular weight is 380 g/mol. The van der Waals surface area contributed by atoms with Gasteiger partial charge in [-0.3, -0.25) is 14.9 Å². The van der Waals surface area contributed by atoms with Crippen molar-refractivity contribution < 1.29 is 24.0 Å². The SMILES string of the molecule is CCC(CC)O[C@H](C=O)[C@H](C[N+](=O)[O-])N(Cc1ccc(OC)cc1)C(C)=O. The Morgan fingerprint density at radius 1 is 1.26 bits per heavy atom. The lowest BCUT2D eigenvalue weighted by Crippen LogP contribution is -2.52. The van der Waals surface area contributed by atoms with E-state index >= 15 is 0 Å². The average Bonchev–Trinajstić information content (AvgIpc) is 2.66. The molecule has 150 valence electrons. The summed E-state index contributed by atoms with van der Waals surface area (Å²) >= 11 is 0. The number of benzene rings is 1. The minimum Gasteiger partial charge on any atom is -0.497 e. The van der Waals surface area contributed by atoms with E-state index in [2.05, 4.69) is 0 Å². The van der Waals surface area contributed by atoms with Crippen molar-refractivity contribution in [3.63, 3.8) is 0 Å². The zero-order chi connectivity index (χ0) is 20.4. The van der Waals surface area contributed by atoms with Gasteiger partial charge in [-0.1, -0.05) is 26.0 Å². The fourth-order valence-electron chi connectivity index (χ4n) is 2.84. The van der Waals surface area contributed by atoms with Crippen LogP contribution in [-0.2, 0) is 20.9 Å². The van der Waals surface area contributed by atoms with Crippen LogP contribution in [0.15, 0.2) is 24.3 Å². The number of hydrogen-bond acceptors (Lipinski definition) is 6. The fraction of sp³-hybridized carbons (Fsp3) is 0.579. The first kappa shape index (κ1) is 22.6. The van der Waals surface area contributed by atoms with E-state index in [4.69, 9.17) is 9.47 Å². The molecule has 8 nitrogen and oxygen atoms in total. The Bertz CT molecular complexity index is 615. The van der Waals surface area contributed by atoms with E-state index in [1.165, 1.54) is 11.8 Å². The molecule has 2 atom stereocenters. The predicted molar refractivity (Wildman–Crippen MR) is 100 cm³/mol. The van der Waals surface area contributed by atoms with Gasteiger partial charge in [0.05, 0.1) is 13.2 Å². The number of aldehydes is 1. The zero-order valence-electron chi connectivity index (χ0n) is 16.3. The van der Waals surface area contributed by atoms with Crippen molar-refractivity contribution in [1.29, 1.82) is 0 Å². The highest BCUT2D eigenvalue weighted by molar-refractivity contribution is 5.74. The van der Waals surface area contributed by atoms with Gasteiger partial charge < -0.3 is 19.2 Å². The highest BCUT2D eigenvalue weighted by Gasteiger charge is 2.35. The molecule has 0 unspecified atom stereocenters. The van der Waals surface area contributed by atoms with Gasteiger partial charge in [0.2, 0.25) is 12.5 Å². The Labute approximate surface area is 159 Å².